The second-order valence-corrected chi connectivity index (χ2v) is 17.3. The van der Waals surface area contributed by atoms with Gasteiger partial charge in [-0.2, -0.15) is 0 Å². The Balaban J connectivity index is 0.832. The van der Waals surface area contributed by atoms with E-state index in [4.69, 9.17) is 9.72 Å². The number of imide groups is 1. The van der Waals surface area contributed by atoms with Gasteiger partial charge in [0.05, 0.1) is 54.4 Å². The number of hydrogen-bond acceptors (Lipinski definition) is 13. The summed E-state index contributed by atoms with van der Waals surface area (Å²) in [7, 11) is 0. The molecule has 2 aromatic heterocycles. The molecule has 0 atom stereocenters. The fourth-order valence-corrected chi connectivity index (χ4v) is 8.91. The van der Waals surface area contributed by atoms with Gasteiger partial charge in [0.15, 0.2) is 0 Å². The average molecular weight is 991 g/mol. The first kappa shape index (κ1) is 50.9. The molecule has 6 amide bonds. The molecule has 0 aliphatic carbocycles. The molecular formula is C53H58N12O8. The highest BCUT2D eigenvalue weighted by molar-refractivity contribution is 6.13. The van der Waals surface area contributed by atoms with E-state index in [-0.39, 0.29) is 102 Å². The van der Waals surface area contributed by atoms with Crippen LogP contribution in [0.3, 0.4) is 0 Å². The van der Waals surface area contributed by atoms with E-state index in [9.17, 15) is 34.0 Å². The van der Waals surface area contributed by atoms with Crippen molar-refractivity contribution in [3.63, 3.8) is 0 Å². The van der Waals surface area contributed by atoms with Crippen molar-refractivity contribution in [1.29, 1.82) is 0 Å². The molecule has 0 saturated heterocycles. The van der Waals surface area contributed by atoms with Crippen LogP contribution in [0, 0.1) is 0 Å². The third kappa shape index (κ3) is 12.5. The molecule has 0 unspecified atom stereocenters. The number of carbonyl (C=O) groups is 6. The number of aromatic nitrogens is 4. The van der Waals surface area contributed by atoms with E-state index >= 15 is 0 Å². The Morgan fingerprint density at radius 3 is 2.08 bits per heavy atom. The van der Waals surface area contributed by atoms with E-state index in [1.807, 2.05) is 109 Å². The molecule has 20 heteroatoms. The van der Waals surface area contributed by atoms with Gasteiger partial charge < -0.3 is 41.0 Å². The van der Waals surface area contributed by atoms with Crippen LogP contribution in [0.25, 0.3) is 44.3 Å². The Kier molecular flexibility index (Phi) is 17.1. The summed E-state index contributed by atoms with van der Waals surface area (Å²) < 4.78 is 7.25. The number of rotatable bonds is 23. The normalized spacial score (nSPS) is 13.0. The Morgan fingerprint density at radius 1 is 0.699 bits per heavy atom. The van der Waals surface area contributed by atoms with Crippen molar-refractivity contribution < 1.29 is 38.7 Å². The molecule has 20 nitrogen and oxygen atoms in total. The fourth-order valence-electron chi connectivity index (χ4n) is 8.91. The molecule has 0 radical (unpaired) electrons. The average Bonchev–Trinajstić information content (AvgIpc) is 3.97. The second kappa shape index (κ2) is 24.5. The van der Waals surface area contributed by atoms with Gasteiger partial charge in [-0.1, -0.05) is 96.2 Å². The number of nitrogens with one attached hydrogen (secondary N) is 4. The first-order chi connectivity index (χ1) is 35.6. The molecule has 0 bridgehead atoms. The Labute approximate surface area is 421 Å². The molecule has 2 aliphatic rings. The van der Waals surface area contributed by atoms with Gasteiger partial charge in [0.1, 0.15) is 11.5 Å². The minimum Gasteiger partial charge on any atom is -0.409 e. The Bertz CT molecular complexity index is 2990. The van der Waals surface area contributed by atoms with Crippen molar-refractivity contribution in [3.05, 3.63) is 115 Å². The lowest BCUT2D eigenvalue weighted by atomic mass is 9.95. The maximum Gasteiger partial charge on any atom is 0.253 e. The summed E-state index contributed by atoms with van der Waals surface area (Å²) in [4.78, 5) is 85.1. The van der Waals surface area contributed by atoms with Crippen LogP contribution in [0.2, 0.25) is 0 Å². The van der Waals surface area contributed by atoms with Crippen molar-refractivity contribution >= 4 is 74.5 Å². The molecule has 0 spiro atoms. The van der Waals surface area contributed by atoms with Crippen molar-refractivity contribution in [2.24, 2.45) is 5.16 Å². The highest BCUT2D eigenvalue weighted by atomic mass is 16.5. The second-order valence-electron chi connectivity index (χ2n) is 17.3. The zero-order chi connectivity index (χ0) is 51.1. The van der Waals surface area contributed by atoms with Gasteiger partial charge in [-0.15, -0.1) is 5.10 Å². The van der Waals surface area contributed by atoms with Gasteiger partial charge in [-0.05, 0) is 23.8 Å². The number of amides is 6. The summed E-state index contributed by atoms with van der Waals surface area (Å²) in [6.07, 6.45) is 2.99. The number of nitrogens with zero attached hydrogens (tertiary/aromatic N) is 8. The summed E-state index contributed by atoms with van der Waals surface area (Å²) in [5.74, 6) is -1.44. The molecule has 4 aromatic carbocycles. The van der Waals surface area contributed by atoms with Crippen LogP contribution < -0.4 is 26.2 Å². The number of hydrogen-bond donors (Lipinski definition) is 5. The fraction of sp³-hybridized carbons (Fsp3) is 0.321. The molecule has 0 fully saturated rings. The number of benzene rings is 4. The van der Waals surface area contributed by atoms with E-state index in [1.54, 1.807) is 9.58 Å². The smallest absolute Gasteiger partial charge is 0.253 e. The number of para-hydroxylation sites is 3. The number of oxime groups is 1. The highest BCUT2D eigenvalue weighted by Crippen LogP contribution is 2.41. The molecule has 6 aromatic rings. The minimum absolute atomic E-state index is 0.0123. The predicted octanol–water partition coefficient (Wildman–Crippen LogP) is 4.62. The van der Waals surface area contributed by atoms with E-state index in [2.05, 4.69) is 36.7 Å². The van der Waals surface area contributed by atoms with Gasteiger partial charge in [-0.25, -0.2) is 9.67 Å². The zero-order valence-corrected chi connectivity index (χ0v) is 40.6. The van der Waals surface area contributed by atoms with E-state index < -0.39 is 11.8 Å². The van der Waals surface area contributed by atoms with Crippen molar-refractivity contribution in [2.75, 3.05) is 69.2 Å². The monoisotopic (exact) mass is 990 g/mol. The van der Waals surface area contributed by atoms with Gasteiger partial charge in [0, 0.05) is 112 Å². The molecule has 4 heterocycles. The Morgan fingerprint density at radius 2 is 1.34 bits per heavy atom. The van der Waals surface area contributed by atoms with Crippen molar-refractivity contribution in [3.8, 4) is 22.5 Å². The minimum atomic E-state index is -0.445. The Hall–Kier alpha value is -8.52. The lowest BCUT2D eigenvalue weighted by Crippen LogP contribution is -2.38. The number of amidine groups is 1. The third-order valence-electron chi connectivity index (χ3n) is 12.6. The van der Waals surface area contributed by atoms with Crippen LogP contribution in [-0.2, 0) is 46.6 Å². The number of ether oxygens (including phenoxy) is 1. The maximum absolute atomic E-state index is 14.1. The predicted molar refractivity (Wildman–Crippen MR) is 275 cm³/mol. The van der Waals surface area contributed by atoms with E-state index in [1.165, 1.54) is 12.2 Å². The first-order valence-corrected chi connectivity index (χ1v) is 24.4. The number of anilines is 2. The first-order valence-electron chi connectivity index (χ1n) is 24.4. The molecule has 5 N–H and O–H groups in total. The summed E-state index contributed by atoms with van der Waals surface area (Å²) in [5, 5.41) is 36.7. The molecule has 2 aliphatic heterocycles. The lowest BCUT2D eigenvalue weighted by Gasteiger charge is -2.29. The van der Waals surface area contributed by atoms with Gasteiger partial charge in [0.2, 0.25) is 23.6 Å². The molecular weight excluding hydrogens is 933 g/mol. The van der Waals surface area contributed by atoms with Gasteiger partial charge in [0.25, 0.3) is 11.8 Å². The van der Waals surface area contributed by atoms with Crippen LogP contribution in [0.5, 0.6) is 0 Å². The summed E-state index contributed by atoms with van der Waals surface area (Å²) >= 11 is 0. The number of pyridine rings is 1. The SMILES string of the molecule is CCC(=NO)N(CCNc1c2ccccc2nc2ccccc12)CCC(=O)NCCn1nnc2c1-c1ccccc1N(C(=O)CCNC(=O)CCOCCNC(=O)CCN1C(=O)C=CC1=O)Cc1ccccc1-2. The van der Waals surface area contributed by atoms with Crippen molar-refractivity contribution in [1.82, 2.24) is 45.7 Å². The highest BCUT2D eigenvalue weighted by Gasteiger charge is 2.29. The number of fused-ring (bicyclic) bond motifs is 7. The van der Waals surface area contributed by atoms with Gasteiger partial charge in [-0.3, -0.25) is 33.7 Å². The van der Waals surface area contributed by atoms with Gasteiger partial charge >= 0.3 is 0 Å². The van der Waals surface area contributed by atoms with Crippen LogP contribution >= 0.6 is 0 Å². The zero-order valence-electron chi connectivity index (χ0n) is 40.6. The van der Waals surface area contributed by atoms with Crippen LogP contribution in [0.1, 0.15) is 44.6 Å². The third-order valence-corrected chi connectivity index (χ3v) is 12.6. The molecule has 73 heavy (non-hydrogen) atoms. The summed E-state index contributed by atoms with van der Waals surface area (Å²) in [6, 6.07) is 31.2. The lowest BCUT2D eigenvalue weighted by molar-refractivity contribution is -0.137. The van der Waals surface area contributed by atoms with Crippen molar-refractivity contribution in [2.45, 2.75) is 52.1 Å². The summed E-state index contributed by atoms with van der Waals surface area (Å²) in [5.41, 5.74) is 7.13. The van der Waals surface area contributed by atoms with Crippen LogP contribution in [0.4, 0.5) is 11.4 Å². The quantitative estimate of drug-likeness (QED) is 0.0112. The maximum atomic E-state index is 14.1. The van der Waals surface area contributed by atoms with E-state index in [0.717, 1.165) is 49.1 Å². The molecule has 8 rings (SSSR count). The largest absolute Gasteiger partial charge is 0.409 e. The molecule has 378 valence electrons. The number of carbonyl (C=O) groups excluding carboxylic acids is 6. The standard InChI is InChI=1S/C53H58N12O8/c1-2-44(60-72)62(31-26-57-51-38-13-5-8-16-41(38)58-42-17-9-6-14-39(42)51)29-22-45(66)55-27-32-65-53-40-15-7-10-18-43(40)64(35-36-11-3-4-12-37(36)52(53)59-61-65)50(71)21-25-54-47(68)24-33-73-34-28-56-46(67)23-30-63-48(69)19-20-49(63)70/h3-20,72H,2,21-35H2,1H3,(H,54,68)(H,55,66)(H,56,67)(H,57,58). The van der Waals surface area contributed by atoms with E-state index in [0.29, 0.717) is 49.0 Å². The van der Waals surface area contributed by atoms with Crippen LogP contribution in [0.15, 0.2) is 114 Å². The molecule has 0 saturated carbocycles. The summed E-state index contributed by atoms with van der Waals surface area (Å²) in [6.45, 7) is 4.53. The van der Waals surface area contributed by atoms with Crippen LogP contribution in [-0.4, -0.2) is 135 Å². The topological polar surface area (TPSA) is 246 Å².